The molecule has 0 unspecified atom stereocenters. The lowest BCUT2D eigenvalue weighted by Gasteiger charge is -2.10. The molecule has 0 aliphatic heterocycles. The van der Waals surface area contributed by atoms with Gasteiger partial charge in [-0.05, 0) is 40.9 Å². The van der Waals surface area contributed by atoms with E-state index in [0.717, 1.165) is 27.8 Å². The SMILES string of the molecule is Brc1ccc(SCCNC2CCCC2)nc1. The zero-order valence-electron chi connectivity index (χ0n) is 9.29. The van der Waals surface area contributed by atoms with Gasteiger partial charge >= 0.3 is 0 Å². The smallest absolute Gasteiger partial charge is 0.0961 e. The van der Waals surface area contributed by atoms with Gasteiger partial charge in [0.2, 0.25) is 0 Å². The molecule has 4 heteroatoms. The Balaban J connectivity index is 1.62. The standard InChI is InChI=1S/C12H17BrN2S/c13-10-5-6-12(15-9-10)16-8-7-14-11-3-1-2-4-11/h5-6,9,11,14H,1-4,7-8H2. The molecule has 1 fully saturated rings. The van der Waals surface area contributed by atoms with Gasteiger partial charge in [0.15, 0.2) is 0 Å². The first-order valence-corrected chi connectivity index (χ1v) is 7.60. The molecule has 1 N–H and O–H groups in total. The van der Waals surface area contributed by atoms with Crippen LogP contribution in [0.3, 0.4) is 0 Å². The zero-order valence-corrected chi connectivity index (χ0v) is 11.7. The fraction of sp³-hybridized carbons (Fsp3) is 0.583. The van der Waals surface area contributed by atoms with Crippen LogP contribution < -0.4 is 5.32 Å². The zero-order chi connectivity index (χ0) is 11.2. The second-order valence-corrected chi connectivity index (χ2v) is 6.13. The van der Waals surface area contributed by atoms with Crippen molar-refractivity contribution in [2.75, 3.05) is 12.3 Å². The largest absolute Gasteiger partial charge is 0.313 e. The first-order valence-electron chi connectivity index (χ1n) is 5.82. The number of thioether (sulfide) groups is 1. The molecule has 1 aromatic rings. The van der Waals surface area contributed by atoms with Crippen molar-refractivity contribution in [2.45, 2.75) is 36.8 Å². The Hall–Kier alpha value is -0.0600. The Bertz CT molecular complexity index is 309. The van der Waals surface area contributed by atoms with E-state index in [1.54, 1.807) is 0 Å². The van der Waals surface area contributed by atoms with Crippen molar-refractivity contribution in [3.8, 4) is 0 Å². The Morgan fingerprint density at radius 3 is 2.88 bits per heavy atom. The highest BCUT2D eigenvalue weighted by atomic mass is 79.9. The topological polar surface area (TPSA) is 24.9 Å². The second kappa shape index (κ2) is 6.62. The van der Waals surface area contributed by atoms with E-state index < -0.39 is 0 Å². The van der Waals surface area contributed by atoms with Gasteiger partial charge in [0.25, 0.3) is 0 Å². The highest BCUT2D eigenvalue weighted by molar-refractivity contribution is 9.10. The summed E-state index contributed by atoms with van der Waals surface area (Å²) in [5, 5.41) is 4.71. The van der Waals surface area contributed by atoms with E-state index in [2.05, 4.69) is 32.3 Å². The molecule has 0 atom stereocenters. The molecule has 0 amide bonds. The van der Waals surface area contributed by atoms with Crippen molar-refractivity contribution in [3.05, 3.63) is 22.8 Å². The number of halogens is 1. The first-order chi connectivity index (χ1) is 7.84. The number of hydrogen-bond donors (Lipinski definition) is 1. The summed E-state index contributed by atoms with van der Waals surface area (Å²) in [5.74, 6) is 1.10. The van der Waals surface area contributed by atoms with Crippen LogP contribution in [0.25, 0.3) is 0 Å². The number of nitrogens with one attached hydrogen (secondary N) is 1. The Morgan fingerprint density at radius 1 is 1.38 bits per heavy atom. The maximum Gasteiger partial charge on any atom is 0.0961 e. The normalized spacial score (nSPS) is 16.8. The lowest BCUT2D eigenvalue weighted by atomic mass is 10.2. The van der Waals surface area contributed by atoms with Crippen molar-refractivity contribution in [3.63, 3.8) is 0 Å². The molecule has 1 aliphatic rings. The minimum Gasteiger partial charge on any atom is -0.313 e. The summed E-state index contributed by atoms with van der Waals surface area (Å²) in [5.41, 5.74) is 0. The van der Waals surface area contributed by atoms with Crippen LogP contribution in [0.4, 0.5) is 0 Å². The van der Waals surface area contributed by atoms with Crippen molar-refractivity contribution in [1.29, 1.82) is 0 Å². The number of nitrogens with zero attached hydrogens (tertiary/aromatic N) is 1. The molecule has 0 radical (unpaired) electrons. The molecule has 1 aromatic heterocycles. The Morgan fingerprint density at radius 2 is 2.19 bits per heavy atom. The Labute approximate surface area is 110 Å². The average molecular weight is 301 g/mol. The summed E-state index contributed by atoms with van der Waals surface area (Å²) in [7, 11) is 0. The molecule has 16 heavy (non-hydrogen) atoms. The van der Waals surface area contributed by atoms with Gasteiger partial charge in [-0.15, -0.1) is 11.8 Å². The van der Waals surface area contributed by atoms with Crippen LogP contribution in [0.5, 0.6) is 0 Å². The maximum atomic E-state index is 4.34. The van der Waals surface area contributed by atoms with Gasteiger partial charge < -0.3 is 5.32 Å². The number of aromatic nitrogens is 1. The van der Waals surface area contributed by atoms with E-state index in [4.69, 9.17) is 0 Å². The van der Waals surface area contributed by atoms with Crippen molar-refractivity contribution in [1.82, 2.24) is 10.3 Å². The lowest BCUT2D eigenvalue weighted by Crippen LogP contribution is -2.28. The van der Waals surface area contributed by atoms with Crippen LogP contribution in [-0.2, 0) is 0 Å². The second-order valence-electron chi connectivity index (χ2n) is 4.10. The molecule has 1 saturated carbocycles. The third-order valence-corrected chi connectivity index (χ3v) is 4.26. The molecule has 1 heterocycles. The molecule has 0 saturated heterocycles. The summed E-state index contributed by atoms with van der Waals surface area (Å²) in [6, 6.07) is 4.88. The van der Waals surface area contributed by atoms with E-state index in [1.807, 2.05) is 24.0 Å². The summed E-state index contributed by atoms with van der Waals surface area (Å²) in [6.45, 7) is 1.09. The number of pyridine rings is 1. The van der Waals surface area contributed by atoms with Crippen LogP contribution >= 0.6 is 27.7 Å². The van der Waals surface area contributed by atoms with E-state index in [9.17, 15) is 0 Å². The quantitative estimate of drug-likeness (QED) is 0.666. The third kappa shape index (κ3) is 4.07. The minimum absolute atomic E-state index is 0.776. The summed E-state index contributed by atoms with van der Waals surface area (Å²) < 4.78 is 1.04. The van der Waals surface area contributed by atoms with Gasteiger partial charge in [-0.25, -0.2) is 4.98 Å². The van der Waals surface area contributed by atoms with E-state index in [1.165, 1.54) is 25.7 Å². The fourth-order valence-corrected chi connectivity index (χ4v) is 2.95. The predicted octanol–water partition coefficient (Wildman–Crippen LogP) is 3.47. The predicted molar refractivity (Wildman–Crippen MR) is 72.9 cm³/mol. The average Bonchev–Trinajstić information content (AvgIpc) is 2.80. The third-order valence-electron chi connectivity index (χ3n) is 2.84. The Kier molecular flexibility index (Phi) is 5.13. The van der Waals surface area contributed by atoms with Crippen LogP contribution in [0, 0.1) is 0 Å². The van der Waals surface area contributed by atoms with Crippen molar-refractivity contribution >= 4 is 27.7 Å². The highest BCUT2D eigenvalue weighted by Crippen LogP contribution is 2.19. The van der Waals surface area contributed by atoms with E-state index >= 15 is 0 Å². The van der Waals surface area contributed by atoms with Crippen LogP contribution in [-0.4, -0.2) is 23.3 Å². The highest BCUT2D eigenvalue weighted by Gasteiger charge is 2.13. The van der Waals surface area contributed by atoms with Gasteiger partial charge in [0.1, 0.15) is 0 Å². The number of rotatable bonds is 5. The molecule has 88 valence electrons. The molecule has 0 aromatic carbocycles. The molecule has 2 rings (SSSR count). The van der Waals surface area contributed by atoms with Crippen LogP contribution in [0.2, 0.25) is 0 Å². The monoisotopic (exact) mass is 300 g/mol. The molecular weight excluding hydrogens is 284 g/mol. The van der Waals surface area contributed by atoms with Gasteiger partial charge in [-0.2, -0.15) is 0 Å². The van der Waals surface area contributed by atoms with Crippen LogP contribution in [0.1, 0.15) is 25.7 Å². The van der Waals surface area contributed by atoms with Gasteiger partial charge in [0, 0.05) is 29.0 Å². The van der Waals surface area contributed by atoms with Gasteiger partial charge in [-0.1, -0.05) is 12.8 Å². The summed E-state index contributed by atoms with van der Waals surface area (Å²) in [6.07, 6.45) is 7.38. The number of hydrogen-bond acceptors (Lipinski definition) is 3. The molecular formula is C12H17BrN2S. The van der Waals surface area contributed by atoms with E-state index in [0.29, 0.717) is 0 Å². The summed E-state index contributed by atoms with van der Waals surface area (Å²) in [4.78, 5) is 4.34. The molecule has 1 aliphatic carbocycles. The summed E-state index contributed by atoms with van der Waals surface area (Å²) >= 11 is 5.21. The van der Waals surface area contributed by atoms with Gasteiger partial charge in [0.05, 0.1) is 5.03 Å². The van der Waals surface area contributed by atoms with Gasteiger partial charge in [-0.3, -0.25) is 0 Å². The van der Waals surface area contributed by atoms with E-state index in [-0.39, 0.29) is 0 Å². The minimum atomic E-state index is 0.776. The maximum absolute atomic E-state index is 4.34. The van der Waals surface area contributed by atoms with Crippen molar-refractivity contribution in [2.24, 2.45) is 0 Å². The molecule has 0 spiro atoms. The first kappa shape index (κ1) is 12.4. The van der Waals surface area contributed by atoms with Crippen molar-refractivity contribution < 1.29 is 0 Å². The lowest BCUT2D eigenvalue weighted by molar-refractivity contribution is 0.545. The fourth-order valence-electron chi connectivity index (χ4n) is 2.00. The van der Waals surface area contributed by atoms with Crippen LogP contribution in [0.15, 0.2) is 27.8 Å². The molecule has 0 bridgehead atoms. The molecule has 2 nitrogen and oxygen atoms in total.